The van der Waals surface area contributed by atoms with Crippen LogP contribution in [0.4, 0.5) is 0 Å². The van der Waals surface area contributed by atoms with E-state index in [9.17, 15) is 29.7 Å². The number of rotatable bonds is 12. The molecule has 2 aliphatic heterocycles. The number of aliphatic hydroxyl groups is 3. The number of ether oxygens (including phenoxy) is 5. The van der Waals surface area contributed by atoms with Crippen LogP contribution in [0.5, 0.6) is 0 Å². The predicted molar refractivity (Wildman–Crippen MR) is 196 cm³/mol. The van der Waals surface area contributed by atoms with Crippen LogP contribution in [0.3, 0.4) is 0 Å². The Labute approximate surface area is 312 Å². The van der Waals surface area contributed by atoms with Crippen LogP contribution < -0.4 is 5.32 Å². The number of aliphatic hydroxyl groups excluding tert-OH is 2. The summed E-state index contributed by atoms with van der Waals surface area (Å²) in [6, 6.07) is -1.20. The number of methoxy groups -OCH3 is 1. The normalized spacial score (nSPS) is 40.1. The van der Waals surface area contributed by atoms with E-state index >= 15 is 0 Å². The van der Waals surface area contributed by atoms with Crippen molar-refractivity contribution >= 4 is 17.8 Å². The fraction of sp³-hybridized carbons (Fsp3) is 0.921. The first-order chi connectivity index (χ1) is 24.2. The third-order valence-electron chi connectivity index (χ3n) is 11.4. The van der Waals surface area contributed by atoms with Gasteiger partial charge < -0.3 is 54.1 Å². The number of likely N-dealkylation sites (N-methyl/N-ethyl adjacent to an activating group) is 1. The molecule has 2 saturated heterocycles. The van der Waals surface area contributed by atoms with E-state index in [1.54, 1.807) is 41.5 Å². The van der Waals surface area contributed by atoms with Gasteiger partial charge in [0.2, 0.25) is 5.91 Å². The van der Waals surface area contributed by atoms with E-state index in [0.29, 0.717) is 19.4 Å². The maximum atomic E-state index is 14.0. The smallest absolute Gasteiger partial charge is 0.312 e. The molecule has 0 aliphatic carbocycles. The fourth-order valence-corrected chi connectivity index (χ4v) is 7.81. The second-order valence-electron chi connectivity index (χ2n) is 15.8. The zero-order chi connectivity index (χ0) is 39.7. The van der Waals surface area contributed by atoms with Crippen molar-refractivity contribution in [2.24, 2.45) is 17.8 Å². The Bertz CT molecular complexity index is 1140. The molecule has 1 amide bonds. The largest absolute Gasteiger partial charge is 0.461 e. The summed E-state index contributed by atoms with van der Waals surface area (Å²) in [7, 11) is 5.24. The van der Waals surface area contributed by atoms with Crippen LogP contribution in [-0.2, 0) is 38.1 Å². The van der Waals surface area contributed by atoms with E-state index in [1.165, 1.54) is 14.0 Å². The lowest BCUT2D eigenvalue weighted by molar-refractivity contribution is -0.301. The van der Waals surface area contributed by atoms with E-state index in [4.69, 9.17) is 23.7 Å². The Morgan fingerprint density at radius 1 is 1.04 bits per heavy atom. The third-order valence-corrected chi connectivity index (χ3v) is 11.4. The number of hydrogen-bond acceptors (Lipinski definition) is 13. The van der Waals surface area contributed by atoms with Gasteiger partial charge in [-0.2, -0.15) is 0 Å². The second-order valence-corrected chi connectivity index (χ2v) is 15.8. The summed E-state index contributed by atoms with van der Waals surface area (Å²) < 4.78 is 31.2. The van der Waals surface area contributed by atoms with Gasteiger partial charge >= 0.3 is 11.9 Å². The van der Waals surface area contributed by atoms with Gasteiger partial charge in [-0.25, -0.2) is 0 Å². The first-order valence-electron chi connectivity index (χ1n) is 19.2. The third kappa shape index (κ3) is 11.5. The number of amides is 1. The lowest BCUT2D eigenvalue weighted by Gasteiger charge is -2.48. The highest BCUT2D eigenvalue weighted by atomic mass is 16.7. The molecule has 2 heterocycles. The Morgan fingerprint density at radius 3 is 2.19 bits per heavy atom. The number of hydrogen-bond donors (Lipinski definition) is 4. The molecule has 0 bridgehead atoms. The van der Waals surface area contributed by atoms with Crippen molar-refractivity contribution in [2.45, 2.75) is 168 Å². The number of cyclic esters (lactones) is 1. The second kappa shape index (κ2) is 20.1. The summed E-state index contributed by atoms with van der Waals surface area (Å²) in [5, 5.41) is 37.1. The highest BCUT2D eigenvalue weighted by Crippen LogP contribution is 2.39. The van der Waals surface area contributed by atoms with Crippen LogP contribution in [0, 0.1) is 17.8 Å². The molecule has 14 atom stereocenters. The number of nitrogens with zero attached hydrogens (tertiary/aromatic N) is 2. The monoisotopic (exact) mass is 746 g/mol. The molecule has 52 heavy (non-hydrogen) atoms. The van der Waals surface area contributed by atoms with Gasteiger partial charge in [-0.3, -0.25) is 14.4 Å². The molecule has 2 fully saturated rings. The van der Waals surface area contributed by atoms with Gasteiger partial charge in [-0.15, -0.1) is 0 Å². The van der Waals surface area contributed by atoms with Crippen molar-refractivity contribution in [3.05, 3.63) is 0 Å². The molecule has 304 valence electrons. The quantitative estimate of drug-likeness (QED) is 0.215. The van der Waals surface area contributed by atoms with Gasteiger partial charge in [0.1, 0.15) is 30.0 Å². The van der Waals surface area contributed by atoms with Crippen LogP contribution in [0.25, 0.3) is 0 Å². The minimum atomic E-state index is -1.94. The average molecular weight is 746 g/mol. The lowest BCUT2D eigenvalue weighted by Crippen LogP contribution is -2.60. The molecule has 0 aromatic heterocycles. The zero-order valence-corrected chi connectivity index (χ0v) is 34.1. The summed E-state index contributed by atoms with van der Waals surface area (Å²) in [6.45, 7) is 19.9. The Kier molecular flexibility index (Phi) is 17.9. The summed E-state index contributed by atoms with van der Waals surface area (Å²) in [5.74, 6) is -4.21. The Morgan fingerprint density at radius 2 is 1.65 bits per heavy atom. The minimum Gasteiger partial charge on any atom is -0.461 e. The average Bonchev–Trinajstić information content (AvgIpc) is 3.09. The molecular weight excluding hydrogens is 674 g/mol. The molecule has 0 saturated carbocycles. The first kappa shape index (κ1) is 46.2. The van der Waals surface area contributed by atoms with Crippen molar-refractivity contribution in [3.8, 4) is 0 Å². The zero-order valence-electron chi connectivity index (χ0n) is 34.1. The first-order valence-corrected chi connectivity index (χ1v) is 19.2. The Hall–Kier alpha value is -1.91. The molecule has 14 nitrogen and oxygen atoms in total. The van der Waals surface area contributed by atoms with E-state index in [2.05, 4.69) is 24.1 Å². The highest BCUT2D eigenvalue weighted by molar-refractivity contribution is 5.79. The van der Waals surface area contributed by atoms with Gasteiger partial charge in [-0.05, 0) is 94.0 Å². The minimum absolute atomic E-state index is 0.0972. The molecule has 4 N–H and O–H groups in total. The van der Waals surface area contributed by atoms with Gasteiger partial charge in [0.05, 0.1) is 29.8 Å². The summed E-state index contributed by atoms with van der Waals surface area (Å²) in [6.07, 6.45) is -5.76. The van der Waals surface area contributed by atoms with Crippen LogP contribution in [0.2, 0.25) is 0 Å². The number of carbonyl (C=O) groups excluding carboxylic acids is 3. The molecule has 0 radical (unpaired) electrons. The summed E-state index contributed by atoms with van der Waals surface area (Å²) in [4.78, 5) is 45.4. The molecule has 0 aromatic rings. The molecule has 0 spiro atoms. The maximum Gasteiger partial charge on any atom is 0.312 e. The van der Waals surface area contributed by atoms with Gasteiger partial charge in [0.25, 0.3) is 0 Å². The van der Waals surface area contributed by atoms with Crippen molar-refractivity contribution in [2.75, 3.05) is 40.8 Å². The van der Waals surface area contributed by atoms with E-state index in [-0.39, 0.29) is 31.4 Å². The van der Waals surface area contributed by atoms with E-state index < -0.39 is 89.7 Å². The van der Waals surface area contributed by atoms with E-state index in [0.717, 1.165) is 13.1 Å². The van der Waals surface area contributed by atoms with Gasteiger partial charge in [0.15, 0.2) is 6.29 Å². The number of carbonyl (C=O) groups is 3. The lowest BCUT2D eigenvalue weighted by atomic mass is 9.77. The van der Waals surface area contributed by atoms with Crippen LogP contribution in [0.15, 0.2) is 0 Å². The standard InChI is InChI=1S/C38H71N3O11/c1-14-28-38(10,47)32(44)26(8)39-34(45)22(4)21-37(9,48-13)33(52-36-30(43)27(40(11)12)20-23(5)49-36)24(6)31(25(7)35(46)50-28)51-29(42)18-17-19-41(15-2)16-3/h22-28,30-33,36,43-44,47H,14-21H2,1-13H3,(H,39,45)/t22-,23-,24+,25-,26-,27+,28-,30+,31+,32-,33-,36+,37-,38-/m1/s1. The number of esters is 2. The molecule has 0 aromatic carbocycles. The molecule has 14 heteroatoms. The Balaban J connectivity index is 2.73. The van der Waals surface area contributed by atoms with Crippen LogP contribution in [0.1, 0.15) is 101 Å². The summed E-state index contributed by atoms with van der Waals surface area (Å²) >= 11 is 0. The number of nitrogens with one attached hydrogen (secondary N) is 1. The van der Waals surface area contributed by atoms with Crippen LogP contribution >= 0.6 is 0 Å². The summed E-state index contributed by atoms with van der Waals surface area (Å²) in [5.41, 5.74) is -3.20. The van der Waals surface area contributed by atoms with Gasteiger partial charge in [-0.1, -0.05) is 34.6 Å². The van der Waals surface area contributed by atoms with E-state index in [1.807, 2.05) is 25.9 Å². The highest BCUT2D eigenvalue weighted by Gasteiger charge is 2.52. The molecule has 2 aliphatic rings. The van der Waals surface area contributed by atoms with Crippen molar-refractivity contribution in [1.29, 1.82) is 0 Å². The SMILES string of the molecule is CC[C@H]1OC(=O)[C@H](C)[C@@H](OC(=O)CCCN(CC)CC)[C@H](C)[C@@H](O[C@@H]2O[C@H](C)C[C@H](N(C)C)[C@@H]2O)[C@](C)(OC)C[C@@H](C)C(=O)N[C@H](C)[C@@H](O)[C@]1(C)O. The molecule has 0 unspecified atom stereocenters. The molecular formula is C38H71N3O11. The topological polar surface area (TPSA) is 177 Å². The fourth-order valence-electron chi connectivity index (χ4n) is 7.81. The van der Waals surface area contributed by atoms with Crippen molar-refractivity contribution in [1.82, 2.24) is 15.1 Å². The van der Waals surface area contributed by atoms with Crippen LogP contribution in [-0.4, -0.2) is 150 Å². The van der Waals surface area contributed by atoms with Crippen molar-refractivity contribution < 1.29 is 53.4 Å². The maximum absolute atomic E-state index is 14.0. The molecule has 2 rings (SSSR count). The van der Waals surface area contributed by atoms with Gasteiger partial charge in [0, 0.05) is 31.4 Å². The predicted octanol–water partition coefficient (Wildman–Crippen LogP) is 2.49. The van der Waals surface area contributed by atoms with Crippen molar-refractivity contribution in [3.63, 3.8) is 0 Å².